The van der Waals surface area contributed by atoms with Crippen molar-refractivity contribution in [2.75, 3.05) is 0 Å². The molecule has 3 heteroatoms. The molecule has 8 aromatic carbocycles. The number of hydrogen-bond acceptors (Lipinski definition) is 1. The van der Waals surface area contributed by atoms with Crippen LogP contribution in [0.15, 0.2) is 176 Å². The summed E-state index contributed by atoms with van der Waals surface area (Å²) in [5.41, 5.74) is 12.4. The van der Waals surface area contributed by atoms with Crippen LogP contribution in [0.25, 0.3) is 88.0 Å². The predicted octanol–water partition coefficient (Wildman–Crippen LogP) is 12.2. The number of nitrogens with zero attached hydrogens (tertiary/aromatic N) is 3. The minimum atomic E-state index is 0.672. The predicted molar refractivity (Wildman–Crippen MR) is 208 cm³/mol. The van der Waals surface area contributed by atoms with Crippen molar-refractivity contribution in [3.05, 3.63) is 181 Å². The first-order valence-corrected chi connectivity index (χ1v) is 16.9. The van der Waals surface area contributed by atoms with Crippen molar-refractivity contribution < 1.29 is 0 Å². The van der Waals surface area contributed by atoms with Crippen molar-refractivity contribution in [2.45, 2.75) is 0 Å². The Morgan fingerprint density at radius 1 is 0.340 bits per heavy atom. The van der Waals surface area contributed by atoms with Gasteiger partial charge in [0.2, 0.25) is 0 Å². The maximum atomic E-state index is 9.19. The second kappa shape index (κ2) is 11.1. The molecule has 0 aliphatic carbocycles. The number of para-hydroxylation sites is 3. The third kappa shape index (κ3) is 4.36. The van der Waals surface area contributed by atoms with Crippen LogP contribution < -0.4 is 0 Å². The van der Waals surface area contributed by atoms with E-state index in [1.165, 1.54) is 65.5 Å². The zero-order valence-corrected chi connectivity index (χ0v) is 27.1. The summed E-state index contributed by atoms with van der Waals surface area (Å²) in [5, 5.41) is 16.5. The maximum absolute atomic E-state index is 9.19. The molecule has 0 atom stereocenters. The van der Waals surface area contributed by atoms with Crippen LogP contribution in [-0.4, -0.2) is 9.13 Å². The van der Waals surface area contributed by atoms with Crippen LogP contribution in [0, 0.1) is 11.3 Å². The standard InChI is InChI=1S/C47H29N3/c48-30-31-14-16-32(17-15-31)33-18-19-35-27-39(23-20-34(35)26-33)50-45-13-7-5-11-41(45)43-28-36(22-25-46(43)50)37-21-24-42-40-10-4-6-12-44(40)49(47(42)29-37)38-8-2-1-3-9-38/h1-29H. The number of rotatable bonds is 4. The zero-order chi connectivity index (χ0) is 33.2. The highest BCUT2D eigenvalue weighted by Gasteiger charge is 2.16. The van der Waals surface area contributed by atoms with E-state index in [0.29, 0.717) is 5.56 Å². The molecule has 0 bridgehead atoms. The van der Waals surface area contributed by atoms with Crippen molar-refractivity contribution >= 4 is 54.4 Å². The molecule has 0 aliphatic rings. The third-order valence-electron chi connectivity index (χ3n) is 10.1. The Balaban J connectivity index is 1.10. The van der Waals surface area contributed by atoms with Crippen molar-refractivity contribution in [1.29, 1.82) is 5.26 Å². The quantitative estimate of drug-likeness (QED) is 0.189. The fourth-order valence-corrected chi connectivity index (χ4v) is 7.72. The molecule has 0 radical (unpaired) electrons. The average molecular weight is 636 g/mol. The number of aromatic nitrogens is 2. The van der Waals surface area contributed by atoms with Gasteiger partial charge in [0.1, 0.15) is 0 Å². The van der Waals surface area contributed by atoms with Crippen LogP contribution in [0.1, 0.15) is 5.56 Å². The molecular formula is C47H29N3. The first-order chi connectivity index (χ1) is 24.7. The second-order valence-corrected chi connectivity index (χ2v) is 12.9. The van der Waals surface area contributed by atoms with Crippen LogP contribution in [0.3, 0.4) is 0 Å². The lowest BCUT2D eigenvalue weighted by Gasteiger charge is -2.11. The molecule has 0 aliphatic heterocycles. The van der Waals surface area contributed by atoms with Crippen molar-refractivity contribution in [3.63, 3.8) is 0 Å². The van der Waals surface area contributed by atoms with E-state index in [9.17, 15) is 5.26 Å². The molecule has 232 valence electrons. The zero-order valence-electron chi connectivity index (χ0n) is 27.1. The van der Waals surface area contributed by atoms with Gasteiger partial charge in [0.25, 0.3) is 0 Å². The van der Waals surface area contributed by atoms with Gasteiger partial charge in [-0.15, -0.1) is 0 Å². The summed E-state index contributed by atoms with van der Waals surface area (Å²) in [6, 6.07) is 65.1. The highest BCUT2D eigenvalue weighted by molar-refractivity contribution is 6.12. The molecule has 3 nitrogen and oxygen atoms in total. The molecule has 2 aromatic heterocycles. The Hall–Kier alpha value is -6.89. The molecule has 0 saturated carbocycles. The van der Waals surface area contributed by atoms with Crippen LogP contribution in [-0.2, 0) is 0 Å². The summed E-state index contributed by atoms with van der Waals surface area (Å²) in [4.78, 5) is 0. The van der Waals surface area contributed by atoms with Gasteiger partial charge in [-0.1, -0.05) is 103 Å². The van der Waals surface area contributed by atoms with Gasteiger partial charge in [-0.2, -0.15) is 5.26 Å². The normalized spacial score (nSPS) is 11.6. The fourth-order valence-electron chi connectivity index (χ4n) is 7.72. The van der Waals surface area contributed by atoms with Crippen LogP contribution >= 0.6 is 0 Å². The van der Waals surface area contributed by atoms with Crippen molar-refractivity contribution in [2.24, 2.45) is 0 Å². The molecule has 0 amide bonds. The summed E-state index contributed by atoms with van der Waals surface area (Å²) in [6.07, 6.45) is 0. The molecule has 0 N–H and O–H groups in total. The number of hydrogen-bond donors (Lipinski definition) is 0. The smallest absolute Gasteiger partial charge is 0.0991 e. The van der Waals surface area contributed by atoms with Gasteiger partial charge in [-0.3, -0.25) is 0 Å². The van der Waals surface area contributed by atoms with Gasteiger partial charge in [-0.25, -0.2) is 0 Å². The Morgan fingerprint density at radius 2 is 0.880 bits per heavy atom. The molecule has 0 saturated heterocycles. The summed E-state index contributed by atoms with van der Waals surface area (Å²) in [5.74, 6) is 0. The third-order valence-corrected chi connectivity index (χ3v) is 10.1. The Morgan fingerprint density at radius 3 is 1.66 bits per heavy atom. The average Bonchev–Trinajstić information content (AvgIpc) is 3.70. The van der Waals surface area contributed by atoms with E-state index in [1.807, 2.05) is 24.3 Å². The monoisotopic (exact) mass is 635 g/mol. The van der Waals surface area contributed by atoms with Crippen molar-refractivity contribution in [1.82, 2.24) is 9.13 Å². The van der Waals surface area contributed by atoms with Gasteiger partial charge >= 0.3 is 0 Å². The Kier molecular flexibility index (Phi) is 6.24. The molecule has 50 heavy (non-hydrogen) atoms. The number of fused-ring (bicyclic) bond motifs is 7. The van der Waals surface area contributed by atoms with Gasteiger partial charge < -0.3 is 9.13 Å². The fraction of sp³-hybridized carbons (Fsp3) is 0. The molecule has 0 unspecified atom stereocenters. The van der Waals surface area contributed by atoms with E-state index < -0.39 is 0 Å². The molecule has 0 spiro atoms. The highest BCUT2D eigenvalue weighted by atomic mass is 15.0. The van der Waals surface area contributed by atoms with E-state index in [2.05, 4.69) is 167 Å². The van der Waals surface area contributed by atoms with Crippen LogP contribution in [0.5, 0.6) is 0 Å². The van der Waals surface area contributed by atoms with Gasteiger partial charge in [-0.05, 0) is 106 Å². The summed E-state index contributed by atoms with van der Waals surface area (Å²) in [7, 11) is 0. The molecule has 0 fully saturated rings. The topological polar surface area (TPSA) is 33.6 Å². The van der Waals surface area contributed by atoms with Gasteiger partial charge in [0, 0.05) is 32.9 Å². The summed E-state index contributed by atoms with van der Waals surface area (Å²) < 4.78 is 4.77. The lowest BCUT2D eigenvalue weighted by atomic mass is 10.00. The number of nitriles is 1. The second-order valence-electron chi connectivity index (χ2n) is 12.9. The Bertz CT molecular complexity index is 2970. The summed E-state index contributed by atoms with van der Waals surface area (Å²) >= 11 is 0. The molecule has 2 heterocycles. The van der Waals surface area contributed by atoms with Crippen molar-refractivity contribution in [3.8, 4) is 39.7 Å². The van der Waals surface area contributed by atoms with E-state index in [4.69, 9.17) is 0 Å². The largest absolute Gasteiger partial charge is 0.309 e. The minimum Gasteiger partial charge on any atom is -0.309 e. The minimum absolute atomic E-state index is 0.672. The highest BCUT2D eigenvalue weighted by Crippen LogP contribution is 2.38. The lowest BCUT2D eigenvalue weighted by molar-refractivity contribution is 1.18. The first-order valence-electron chi connectivity index (χ1n) is 16.9. The number of benzene rings is 8. The van der Waals surface area contributed by atoms with E-state index in [0.717, 1.165) is 22.5 Å². The van der Waals surface area contributed by atoms with Crippen LogP contribution in [0.4, 0.5) is 0 Å². The van der Waals surface area contributed by atoms with E-state index in [1.54, 1.807) is 0 Å². The maximum Gasteiger partial charge on any atom is 0.0991 e. The summed E-state index contributed by atoms with van der Waals surface area (Å²) in [6.45, 7) is 0. The molecule has 10 rings (SSSR count). The molecular weight excluding hydrogens is 607 g/mol. The van der Waals surface area contributed by atoms with Gasteiger partial charge in [0.15, 0.2) is 0 Å². The van der Waals surface area contributed by atoms with Gasteiger partial charge in [0.05, 0.1) is 33.7 Å². The van der Waals surface area contributed by atoms with E-state index >= 15 is 0 Å². The van der Waals surface area contributed by atoms with E-state index in [-0.39, 0.29) is 0 Å². The van der Waals surface area contributed by atoms with Crippen LogP contribution in [0.2, 0.25) is 0 Å². The lowest BCUT2D eigenvalue weighted by Crippen LogP contribution is -1.94. The Labute approximate surface area is 289 Å². The molecule has 10 aromatic rings. The SMILES string of the molecule is N#Cc1ccc(-c2ccc3cc(-n4c5ccccc5c5cc(-c6ccc7c8ccccc8n(-c8ccccc8)c7c6)ccc54)ccc3c2)cc1. The first kappa shape index (κ1) is 28.2.